The molecule has 0 aromatic carbocycles. The van der Waals surface area contributed by atoms with Crippen LogP contribution in [0.15, 0.2) is 0 Å². The lowest BCUT2D eigenvalue weighted by Gasteiger charge is -2.12. The maximum absolute atomic E-state index is 10.8. The van der Waals surface area contributed by atoms with Gasteiger partial charge in [0.1, 0.15) is 12.1 Å². The Hall–Kier alpha value is -0.750. The molecule has 0 aromatic rings. The van der Waals surface area contributed by atoms with Crippen molar-refractivity contribution < 1.29 is 19.8 Å². The second-order valence-electron chi connectivity index (χ2n) is 2.26. The molecular weight excluding hydrogens is 182 g/mol. The predicted molar refractivity (Wildman–Crippen MR) is 45.1 cm³/mol. The van der Waals surface area contributed by atoms with E-state index in [4.69, 9.17) is 10.2 Å². The molecule has 0 bridgehead atoms. The summed E-state index contributed by atoms with van der Waals surface area (Å²) in [5.41, 5.74) is 0. The van der Waals surface area contributed by atoms with Crippen LogP contribution in [0.5, 0.6) is 0 Å². The van der Waals surface area contributed by atoms with E-state index in [9.17, 15) is 9.59 Å². The topological polar surface area (TPSA) is 86.6 Å². The van der Waals surface area contributed by atoms with Crippen molar-refractivity contribution in [3.05, 3.63) is 0 Å². The maximum atomic E-state index is 10.8. The zero-order valence-electron chi connectivity index (χ0n) is 6.52. The highest BCUT2D eigenvalue weighted by atomic mass is 32.1. The van der Waals surface area contributed by atoms with E-state index in [-0.39, 0.29) is 5.75 Å². The first-order chi connectivity index (χ1) is 5.49. The molecule has 12 heavy (non-hydrogen) atoms. The molecule has 0 aliphatic carbocycles. The number of aliphatic hydroxyl groups is 1. The van der Waals surface area contributed by atoms with Crippen LogP contribution in [0.1, 0.15) is 6.92 Å². The molecule has 3 N–H and O–H groups in total. The number of carbonyl (C=O) groups excluding carboxylic acids is 1. The summed E-state index contributed by atoms with van der Waals surface area (Å²) < 4.78 is 0. The largest absolute Gasteiger partial charge is 0.480 e. The van der Waals surface area contributed by atoms with Crippen molar-refractivity contribution in [3.8, 4) is 0 Å². The first-order valence-corrected chi connectivity index (χ1v) is 3.94. The van der Waals surface area contributed by atoms with Gasteiger partial charge in [-0.15, -0.1) is 0 Å². The Labute approximate surface area is 75.2 Å². The fourth-order valence-corrected chi connectivity index (χ4v) is 0.725. The Morgan fingerprint density at radius 1 is 1.58 bits per heavy atom. The van der Waals surface area contributed by atoms with Gasteiger partial charge in [0, 0.05) is 5.75 Å². The molecule has 2 atom stereocenters. The zero-order valence-corrected chi connectivity index (χ0v) is 7.41. The number of rotatable bonds is 4. The molecule has 6 heteroatoms. The Morgan fingerprint density at radius 2 is 2.08 bits per heavy atom. The molecule has 0 aromatic heterocycles. The highest BCUT2D eigenvalue weighted by Crippen LogP contribution is 1.90. The summed E-state index contributed by atoms with van der Waals surface area (Å²) in [5.74, 6) is -1.89. The Bertz CT molecular complexity index is 182. The van der Waals surface area contributed by atoms with Crippen molar-refractivity contribution in [1.82, 2.24) is 5.32 Å². The number of nitrogens with one attached hydrogen (secondary N) is 1. The van der Waals surface area contributed by atoms with E-state index in [0.717, 1.165) is 0 Å². The van der Waals surface area contributed by atoms with Crippen LogP contribution in [0.2, 0.25) is 0 Å². The zero-order chi connectivity index (χ0) is 9.72. The van der Waals surface area contributed by atoms with Gasteiger partial charge in [-0.25, -0.2) is 4.79 Å². The van der Waals surface area contributed by atoms with Crippen molar-refractivity contribution in [1.29, 1.82) is 0 Å². The molecule has 1 amide bonds. The van der Waals surface area contributed by atoms with E-state index in [2.05, 4.69) is 17.9 Å². The first-order valence-electron chi connectivity index (χ1n) is 3.31. The third kappa shape index (κ3) is 3.59. The molecular formula is C6H11NO4S. The van der Waals surface area contributed by atoms with Crippen LogP contribution < -0.4 is 5.32 Å². The number of hydrogen-bond acceptors (Lipinski definition) is 4. The van der Waals surface area contributed by atoms with E-state index in [0.29, 0.717) is 0 Å². The molecule has 0 fully saturated rings. The van der Waals surface area contributed by atoms with E-state index in [1.807, 2.05) is 0 Å². The molecule has 5 nitrogen and oxygen atoms in total. The third-order valence-corrected chi connectivity index (χ3v) is 1.54. The second kappa shape index (κ2) is 5.00. The fourth-order valence-electron chi connectivity index (χ4n) is 0.478. The summed E-state index contributed by atoms with van der Waals surface area (Å²) in [6.07, 6.45) is -1.20. The molecule has 0 rings (SSSR count). The van der Waals surface area contributed by atoms with Crippen LogP contribution in [-0.2, 0) is 9.59 Å². The molecule has 0 radical (unpaired) electrons. The minimum absolute atomic E-state index is 0.00616. The smallest absolute Gasteiger partial charge is 0.327 e. The molecule has 70 valence electrons. The number of carbonyl (C=O) groups is 2. The number of thiol groups is 1. The Morgan fingerprint density at radius 3 is 2.33 bits per heavy atom. The Kier molecular flexibility index (Phi) is 4.68. The number of aliphatic hydroxyl groups excluding tert-OH is 1. The normalized spacial score (nSPS) is 14.9. The molecule has 0 heterocycles. The number of carboxylic acid groups (broad SMARTS) is 1. The number of carboxylic acids is 1. The van der Waals surface area contributed by atoms with Gasteiger partial charge in [0.25, 0.3) is 0 Å². The lowest BCUT2D eigenvalue weighted by molar-refractivity contribution is -0.142. The predicted octanol–water partition coefficient (Wildman–Crippen LogP) is -1.13. The SMILES string of the molecule is CC(O)C(=O)N[C@H](CS)C(=O)O. The molecule has 0 saturated heterocycles. The number of amides is 1. The van der Waals surface area contributed by atoms with E-state index < -0.39 is 24.0 Å². The first kappa shape index (κ1) is 11.2. The van der Waals surface area contributed by atoms with Gasteiger partial charge in [-0.05, 0) is 6.92 Å². The van der Waals surface area contributed by atoms with Gasteiger partial charge in [-0.3, -0.25) is 4.79 Å². The summed E-state index contributed by atoms with van der Waals surface area (Å²) in [6.45, 7) is 1.26. The molecule has 1 unspecified atom stereocenters. The summed E-state index contributed by atoms with van der Waals surface area (Å²) in [4.78, 5) is 21.1. The van der Waals surface area contributed by atoms with Gasteiger partial charge in [-0.2, -0.15) is 12.6 Å². The molecule has 0 saturated carbocycles. The van der Waals surface area contributed by atoms with E-state index in [1.165, 1.54) is 6.92 Å². The van der Waals surface area contributed by atoms with Gasteiger partial charge < -0.3 is 15.5 Å². The van der Waals surface area contributed by atoms with Crippen molar-refractivity contribution in [2.24, 2.45) is 0 Å². The molecule has 0 aliphatic heterocycles. The van der Waals surface area contributed by atoms with Crippen LogP contribution in [0.25, 0.3) is 0 Å². The maximum Gasteiger partial charge on any atom is 0.327 e. The van der Waals surface area contributed by atoms with Crippen LogP contribution in [0, 0.1) is 0 Å². The summed E-state index contributed by atoms with van der Waals surface area (Å²) in [7, 11) is 0. The van der Waals surface area contributed by atoms with Gasteiger partial charge in [0.05, 0.1) is 0 Å². The number of hydrogen-bond donors (Lipinski definition) is 4. The monoisotopic (exact) mass is 193 g/mol. The minimum Gasteiger partial charge on any atom is -0.480 e. The van der Waals surface area contributed by atoms with Gasteiger partial charge in [0.15, 0.2) is 0 Å². The average molecular weight is 193 g/mol. The van der Waals surface area contributed by atoms with Crippen LogP contribution in [-0.4, -0.2) is 40.0 Å². The lowest BCUT2D eigenvalue weighted by atomic mass is 10.3. The highest BCUT2D eigenvalue weighted by Gasteiger charge is 2.19. The van der Waals surface area contributed by atoms with Crippen LogP contribution in [0.3, 0.4) is 0 Å². The highest BCUT2D eigenvalue weighted by molar-refractivity contribution is 7.80. The van der Waals surface area contributed by atoms with Crippen molar-refractivity contribution in [2.45, 2.75) is 19.1 Å². The number of aliphatic carboxylic acids is 1. The third-order valence-electron chi connectivity index (χ3n) is 1.18. The minimum atomic E-state index is -1.20. The molecule has 0 spiro atoms. The average Bonchev–Trinajstić information content (AvgIpc) is 1.98. The summed E-state index contributed by atoms with van der Waals surface area (Å²) >= 11 is 3.72. The Balaban J connectivity index is 4.03. The quantitative estimate of drug-likeness (QED) is 0.425. The van der Waals surface area contributed by atoms with Crippen molar-refractivity contribution in [2.75, 3.05) is 5.75 Å². The fraction of sp³-hybridized carbons (Fsp3) is 0.667. The summed E-state index contributed by atoms with van der Waals surface area (Å²) in [5, 5.41) is 19.3. The van der Waals surface area contributed by atoms with Gasteiger partial charge in [-0.1, -0.05) is 0 Å². The van der Waals surface area contributed by atoms with Crippen molar-refractivity contribution >= 4 is 24.5 Å². The van der Waals surface area contributed by atoms with Gasteiger partial charge >= 0.3 is 5.97 Å². The van der Waals surface area contributed by atoms with Crippen LogP contribution >= 0.6 is 12.6 Å². The van der Waals surface area contributed by atoms with Crippen LogP contribution in [0.4, 0.5) is 0 Å². The summed E-state index contributed by atoms with van der Waals surface area (Å²) in [6, 6.07) is -1.05. The molecule has 0 aliphatic rings. The lowest BCUT2D eigenvalue weighted by Crippen LogP contribution is -2.45. The second-order valence-corrected chi connectivity index (χ2v) is 2.62. The van der Waals surface area contributed by atoms with E-state index in [1.54, 1.807) is 0 Å². The van der Waals surface area contributed by atoms with Gasteiger partial charge in [0.2, 0.25) is 5.91 Å². The van der Waals surface area contributed by atoms with E-state index >= 15 is 0 Å². The van der Waals surface area contributed by atoms with Crippen molar-refractivity contribution in [3.63, 3.8) is 0 Å². The standard InChI is InChI=1S/C6H11NO4S/c1-3(8)5(9)7-4(2-12)6(10)11/h3-4,8,12H,2H2,1H3,(H,7,9)(H,10,11)/t3?,4-/m1/s1.